The number of halogens is 3. The molecule has 0 aliphatic carbocycles. The van der Waals surface area contributed by atoms with E-state index < -0.39 is 33.6 Å². The highest BCUT2D eigenvalue weighted by Crippen LogP contribution is 2.41. The molecule has 0 amide bonds. The first-order valence-electron chi connectivity index (χ1n) is 6.77. The Bertz CT molecular complexity index is 754. The van der Waals surface area contributed by atoms with Gasteiger partial charge in [0.15, 0.2) is 0 Å². The summed E-state index contributed by atoms with van der Waals surface area (Å²) in [7, 11) is -1.62. The van der Waals surface area contributed by atoms with Gasteiger partial charge in [0.1, 0.15) is 22.2 Å². The quantitative estimate of drug-likeness (QED) is 0.909. The van der Waals surface area contributed by atoms with E-state index >= 15 is 0 Å². The molecule has 122 valence electrons. The summed E-state index contributed by atoms with van der Waals surface area (Å²) in [5, 5.41) is 10.7. The van der Waals surface area contributed by atoms with Crippen molar-refractivity contribution in [3.8, 4) is 5.75 Å². The molecule has 0 bridgehead atoms. The second-order valence-electron chi connectivity index (χ2n) is 5.42. The number of rotatable bonds is 2. The molecule has 1 aliphatic rings. The number of para-hydroxylation sites is 1. The number of benzene rings is 2. The third-order valence-corrected chi connectivity index (χ3v) is 5.46. The van der Waals surface area contributed by atoms with Crippen molar-refractivity contribution in [3.05, 3.63) is 59.7 Å². The van der Waals surface area contributed by atoms with Crippen LogP contribution in [0.3, 0.4) is 0 Å². The van der Waals surface area contributed by atoms with Gasteiger partial charge in [0.05, 0.1) is 10.5 Å². The lowest BCUT2D eigenvalue weighted by Crippen LogP contribution is -2.41. The molecule has 1 N–H and O–H groups in total. The molecule has 1 unspecified atom stereocenters. The van der Waals surface area contributed by atoms with Crippen LogP contribution in [0.5, 0.6) is 5.75 Å². The van der Waals surface area contributed by atoms with Gasteiger partial charge in [-0.05, 0) is 36.8 Å². The fraction of sp³-hybridized carbons (Fsp3) is 0.250. The average molecular weight is 342 g/mol. The van der Waals surface area contributed by atoms with Gasteiger partial charge < -0.3 is 9.84 Å². The van der Waals surface area contributed by atoms with Crippen molar-refractivity contribution in [2.24, 2.45) is 0 Å². The minimum atomic E-state index is -4.45. The van der Waals surface area contributed by atoms with Gasteiger partial charge in [-0.1, -0.05) is 24.3 Å². The lowest BCUT2D eigenvalue weighted by atomic mass is 9.95. The number of hydrogen-bond donors (Lipinski definition) is 1. The molecule has 1 aliphatic heterocycles. The smallest absolute Gasteiger partial charge is 0.416 e. The maximum Gasteiger partial charge on any atom is 0.416 e. The predicted molar refractivity (Wildman–Crippen MR) is 78.3 cm³/mol. The van der Waals surface area contributed by atoms with Crippen LogP contribution >= 0.6 is 0 Å². The summed E-state index contributed by atoms with van der Waals surface area (Å²) in [5.41, 5.74) is -3.39. The second-order valence-corrected chi connectivity index (χ2v) is 6.88. The van der Waals surface area contributed by atoms with E-state index in [0.29, 0.717) is 10.6 Å². The number of aliphatic hydroxyl groups is 1. The molecule has 0 saturated carbocycles. The first-order chi connectivity index (χ1) is 10.7. The van der Waals surface area contributed by atoms with E-state index in [2.05, 4.69) is 0 Å². The zero-order chi connectivity index (χ0) is 16.8. The molecule has 0 saturated heterocycles. The summed E-state index contributed by atoms with van der Waals surface area (Å²) in [4.78, 5) is 0.463. The summed E-state index contributed by atoms with van der Waals surface area (Å²) in [6.45, 7) is 1.38. The third-order valence-electron chi connectivity index (χ3n) is 3.75. The van der Waals surface area contributed by atoms with Crippen LogP contribution in [0, 0.1) is 0 Å². The molecule has 0 aromatic heterocycles. The van der Waals surface area contributed by atoms with E-state index in [1.54, 1.807) is 24.3 Å². The molecular weight excluding hydrogens is 329 g/mol. The van der Waals surface area contributed by atoms with E-state index in [-0.39, 0.29) is 5.56 Å². The van der Waals surface area contributed by atoms with Crippen LogP contribution < -0.4 is 4.74 Å². The van der Waals surface area contributed by atoms with E-state index in [1.165, 1.54) is 19.1 Å². The number of ether oxygens (including phenoxy) is 1. The maximum absolute atomic E-state index is 12.6. The van der Waals surface area contributed by atoms with Crippen molar-refractivity contribution in [1.82, 2.24) is 0 Å². The lowest BCUT2D eigenvalue weighted by molar-refractivity contribution is -0.137. The van der Waals surface area contributed by atoms with Crippen LogP contribution in [-0.2, 0) is 22.6 Å². The van der Waals surface area contributed by atoms with Crippen LogP contribution in [0.25, 0.3) is 0 Å². The first kappa shape index (κ1) is 16.0. The summed E-state index contributed by atoms with van der Waals surface area (Å²) in [6, 6.07) is 10.8. The van der Waals surface area contributed by atoms with Crippen LogP contribution in [0.1, 0.15) is 18.1 Å². The van der Waals surface area contributed by atoms with Crippen molar-refractivity contribution < 1.29 is 27.2 Å². The van der Waals surface area contributed by atoms with Crippen LogP contribution in [0.15, 0.2) is 53.4 Å². The molecular formula is C16H13F3O3S. The van der Waals surface area contributed by atoms with Gasteiger partial charge in [0, 0.05) is 0 Å². The monoisotopic (exact) mass is 342 g/mol. The molecule has 23 heavy (non-hydrogen) atoms. The lowest BCUT2D eigenvalue weighted by Gasteiger charge is -2.29. The highest BCUT2D eigenvalue weighted by molar-refractivity contribution is 7.86. The summed E-state index contributed by atoms with van der Waals surface area (Å²) < 4.78 is 55.9. The largest absolute Gasteiger partial charge is 0.472 e. The van der Waals surface area contributed by atoms with Gasteiger partial charge >= 0.3 is 6.18 Å². The summed E-state index contributed by atoms with van der Waals surface area (Å²) >= 11 is 0. The Morgan fingerprint density at radius 1 is 1.04 bits per heavy atom. The van der Waals surface area contributed by atoms with Crippen LogP contribution in [-0.4, -0.2) is 14.8 Å². The zero-order valence-corrected chi connectivity index (χ0v) is 12.8. The minimum absolute atomic E-state index is 0.205. The standard InChI is InChI=1S/C16H13F3O3S/c1-15(20,10-6-8-11(9-7-10)16(17,18)19)14-22-12-4-2-3-5-13(12)23(14)21/h2-9,14,20H,1H3/t14-,15+,23?/m1/s1. The van der Waals surface area contributed by atoms with Gasteiger partial charge in [0.2, 0.25) is 5.44 Å². The molecule has 2 aromatic carbocycles. The Kier molecular flexibility index (Phi) is 3.72. The molecule has 0 radical (unpaired) electrons. The van der Waals surface area contributed by atoms with Gasteiger partial charge in [0.25, 0.3) is 0 Å². The summed E-state index contributed by atoms with van der Waals surface area (Å²) in [5.74, 6) is 0.406. The van der Waals surface area contributed by atoms with Gasteiger partial charge in [-0.3, -0.25) is 4.21 Å². The third kappa shape index (κ3) is 2.74. The second kappa shape index (κ2) is 5.35. The fourth-order valence-corrected chi connectivity index (χ4v) is 3.95. The molecule has 3 nitrogen and oxygen atoms in total. The Labute approximate surface area is 133 Å². The molecule has 0 fully saturated rings. The van der Waals surface area contributed by atoms with Gasteiger partial charge in [-0.25, -0.2) is 0 Å². The molecule has 7 heteroatoms. The highest BCUT2D eigenvalue weighted by atomic mass is 32.2. The topological polar surface area (TPSA) is 46.5 Å². The van der Waals surface area contributed by atoms with Crippen molar-refractivity contribution in [3.63, 3.8) is 0 Å². The van der Waals surface area contributed by atoms with E-state index in [9.17, 15) is 22.5 Å². The van der Waals surface area contributed by atoms with Crippen LogP contribution in [0.4, 0.5) is 13.2 Å². The number of fused-ring (bicyclic) bond motifs is 1. The van der Waals surface area contributed by atoms with E-state index in [4.69, 9.17) is 4.74 Å². The molecule has 3 rings (SSSR count). The summed E-state index contributed by atoms with van der Waals surface area (Å²) in [6.07, 6.45) is -4.45. The molecule has 3 atom stereocenters. The SMILES string of the molecule is C[C@](O)(c1ccc(C(F)(F)F)cc1)[C@@H]1Oc2ccccc2S1=O. The Morgan fingerprint density at radius 2 is 1.61 bits per heavy atom. The predicted octanol–water partition coefficient (Wildman–Crippen LogP) is 3.44. The fourth-order valence-electron chi connectivity index (χ4n) is 2.44. The van der Waals surface area contributed by atoms with Crippen LogP contribution in [0.2, 0.25) is 0 Å². The normalized spacial score (nSPS) is 23.0. The van der Waals surface area contributed by atoms with E-state index in [0.717, 1.165) is 12.1 Å². The Morgan fingerprint density at radius 3 is 2.17 bits per heavy atom. The number of hydrogen-bond acceptors (Lipinski definition) is 3. The van der Waals surface area contributed by atoms with Gasteiger partial charge in [-0.2, -0.15) is 13.2 Å². The molecule has 0 spiro atoms. The van der Waals surface area contributed by atoms with Crippen molar-refractivity contribution in [1.29, 1.82) is 0 Å². The van der Waals surface area contributed by atoms with Crippen molar-refractivity contribution >= 4 is 10.8 Å². The minimum Gasteiger partial charge on any atom is -0.472 e. The van der Waals surface area contributed by atoms with E-state index in [1.807, 2.05) is 0 Å². The highest BCUT2D eigenvalue weighted by Gasteiger charge is 2.45. The van der Waals surface area contributed by atoms with Gasteiger partial charge in [-0.15, -0.1) is 0 Å². The Hall–Kier alpha value is -1.86. The number of alkyl halides is 3. The first-order valence-corrected chi connectivity index (χ1v) is 7.99. The molecule has 1 heterocycles. The Balaban J connectivity index is 1.92. The van der Waals surface area contributed by atoms with Crippen molar-refractivity contribution in [2.75, 3.05) is 0 Å². The van der Waals surface area contributed by atoms with Crippen molar-refractivity contribution in [2.45, 2.75) is 29.0 Å². The maximum atomic E-state index is 12.6. The average Bonchev–Trinajstić information content (AvgIpc) is 2.85. The zero-order valence-electron chi connectivity index (χ0n) is 12.0. The molecule has 2 aromatic rings.